The number of thiazole rings is 2. The summed E-state index contributed by atoms with van der Waals surface area (Å²) in [7, 11) is -2.12. The van der Waals surface area contributed by atoms with Gasteiger partial charge in [-0.2, -0.15) is 0 Å². The van der Waals surface area contributed by atoms with Crippen LogP contribution in [0, 0.1) is 12.7 Å². The monoisotopic (exact) mass is 509 g/mol. The van der Waals surface area contributed by atoms with E-state index in [2.05, 4.69) is 38.7 Å². The van der Waals surface area contributed by atoms with Gasteiger partial charge in [-0.05, 0) is 37.0 Å². The summed E-state index contributed by atoms with van der Waals surface area (Å²) in [6.45, 7) is 8.70. The van der Waals surface area contributed by atoms with Crippen LogP contribution in [0.2, 0.25) is 0 Å². The van der Waals surface area contributed by atoms with Gasteiger partial charge < -0.3 is 4.90 Å². The molecule has 1 fully saturated rings. The minimum Gasteiger partial charge on any atom is -0.370 e. The summed E-state index contributed by atoms with van der Waals surface area (Å²) in [4.78, 5) is 12.7. The van der Waals surface area contributed by atoms with Crippen LogP contribution in [-0.4, -0.2) is 49.5 Å². The highest BCUT2D eigenvalue weighted by atomic mass is 32.2. The molecule has 0 aliphatic carbocycles. The van der Waals surface area contributed by atoms with E-state index in [9.17, 15) is 12.8 Å². The average molecular weight is 510 g/mol. The third-order valence-corrected chi connectivity index (χ3v) is 8.71. The average Bonchev–Trinajstić information content (AvgIpc) is 3.51. The van der Waals surface area contributed by atoms with Crippen molar-refractivity contribution in [1.29, 1.82) is 0 Å². The van der Waals surface area contributed by atoms with Crippen LogP contribution >= 0.6 is 22.7 Å². The topological polar surface area (TPSA) is 78.4 Å². The van der Waals surface area contributed by atoms with E-state index in [0.29, 0.717) is 17.2 Å². The van der Waals surface area contributed by atoms with Gasteiger partial charge in [0.2, 0.25) is 0 Å². The van der Waals surface area contributed by atoms with E-state index >= 15 is 0 Å². The Balaban J connectivity index is 1.46. The van der Waals surface area contributed by atoms with Crippen LogP contribution in [0.5, 0.6) is 0 Å². The Hall–Kier alpha value is -2.08. The van der Waals surface area contributed by atoms with Gasteiger partial charge in [-0.15, -0.1) is 22.7 Å². The largest absolute Gasteiger partial charge is 0.370 e. The molecule has 178 valence electrons. The second kappa shape index (κ2) is 9.65. The first-order valence-corrected chi connectivity index (χ1v) is 14.0. The number of aromatic nitrogens is 2. The zero-order valence-electron chi connectivity index (χ0n) is 19.1. The van der Waals surface area contributed by atoms with Crippen LogP contribution in [0.25, 0.3) is 0 Å². The summed E-state index contributed by atoms with van der Waals surface area (Å²) in [5.74, 6) is -0.164. The normalized spacial score (nSPS) is 17.1. The molecule has 0 saturated carbocycles. The lowest BCUT2D eigenvalue weighted by molar-refractivity contribution is 0.325. The molecule has 1 aliphatic heterocycles. The van der Waals surface area contributed by atoms with E-state index in [1.165, 1.54) is 29.0 Å². The number of hydrogen-bond donors (Lipinski definition) is 1. The molecule has 1 N–H and O–H groups in total. The summed E-state index contributed by atoms with van der Waals surface area (Å²) in [6, 6.07) is 2.93. The number of sulfonamides is 1. The molecule has 1 unspecified atom stereocenters. The van der Waals surface area contributed by atoms with Gasteiger partial charge in [0, 0.05) is 42.6 Å². The van der Waals surface area contributed by atoms with Crippen molar-refractivity contribution in [2.24, 2.45) is 0 Å². The van der Waals surface area contributed by atoms with Gasteiger partial charge in [0.15, 0.2) is 5.82 Å². The van der Waals surface area contributed by atoms with E-state index in [-0.39, 0.29) is 16.8 Å². The highest BCUT2D eigenvalue weighted by molar-refractivity contribution is 7.92. The van der Waals surface area contributed by atoms with Crippen LogP contribution in [0.15, 0.2) is 33.3 Å². The van der Waals surface area contributed by atoms with E-state index in [1.807, 2.05) is 14.0 Å². The van der Waals surface area contributed by atoms with Gasteiger partial charge in [0.1, 0.15) is 15.7 Å². The zero-order chi connectivity index (χ0) is 23.8. The molecule has 1 saturated heterocycles. The van der Waals surface area contributed by atoms with Crippen LogP contribution in [0.1, 0.15) is 42.5 Å². The van der Waals surface area contributed by atoms with Crippen molar-refractivity contribution in [3.05, 3.63) is 50.5 Å². The molecular formula is C22H28FN5O2S3. The van der Waals surface area contributed by atoms with Crippen molar-refractivity contribution in [3.63, 3.8) is 0 Å². The Bertz CT molecular complexity index is 1210. The number of hydrogen-bond acceptors (Lipinski definition) is 8. The predicted molar refractivity (Wildman–Crippen MR) is 132 cm³/mol. The first-order chi connectivity index (χ1) is 15.6. The molecule has 11 heteroatoms. The number of aryl methyl sites for hydroxylation is 1. The molecule has 33 heavy (non-hydrogen) atoms. The fourth-order valence-corrected chi connectivity index (χ4v) is 6.71. The van der Waals surface area contributed by atoms with E-state index in [0.717, 1.165) is 36.8 Å². The molecule has 0 radical (unpaired) electrons. The summed E-state index contributed by atoms with van der Waals surface area (Å²) >= 11 is 2.96. The lowest BCUT2D eigenvalue weighted by atomic mass is 10.1. The molecule has 0 amide bonds. The Kier molecular flexibility index (Phi) is 7.04. The van der Waals surface area contributed by atoms with Gasteiger partial charge in [-0.25, -0.2) is 22.8 Å². The maximum absolute atomic E-state index is 15.0. The van der Waals surface area contributed by atoms with Crippen molar-refractivity contribution in [3.8, 4) is 0 Å². The number of nitrogens with one attached hydrogen (secondary N) is 1. The highest BCUT2D eigenvalue weighted by Crippen LogP contribution is 2.30. The van der Waals surface area contributed by atoms with Crippen molar-refractivity contribution < 1.29 is 12.8 Å². The molecule has 4 rings (SSSR count). The molecule has 2 aromatic heterocycles. The second-order valence-electron chi connectivity index (χ2n) is 8.66. The minimum atomic E-state index is -4.06. The second-order valence-corrected chi connectivity index (χ2v) is 12.0. The fourth-order valence-electron chi connectivity index (χ4n) is 4.01. The Morgan fingerprint density at radius 1 is 1.33 bits per heavy atom. The standard InChI is InChI=1S/C22H28FN5O2S3/c1-14(2)18-11-32-22(25-18)10-28-6-5-16(9-28)27(4)19-8-17(23)20(7-15(19)3)33(29,30)26-21-12-31-13-24-21/h7-8,11-14,16,26H,5-6,9-10H2,1-4H3. The van der Waals surface area contributed by atoms with Gasteiger partial charge in [-0.3, -0.25) is 9.62 Å². The first kappa shape index (κ1) is 24.1. The van der Waals surface area contributed by atoms with Crippen LogP contribution in [0.4, 0.5) is 15.9 Å². The number of likely N-dealkylation sites (tertiary alicyclic amines) is 1. The zero-order valence-corrected chi connectivity index (χ0v) is 21.5. The third-order valence-electron chi connectivity index (χ3n) is 5.91. The molecule has 0 bridgehead atoms. The maximum atomic E-state index is 15.0. The smallest absolute Gasteiger partial charge is 0.266 e. The number of nitrogens with zero attached hydrogens (tertiary/aromatic N) is 4. The molecule has 1 aromatic carbocycles. The SMILES string of the molecule is Cc1cc(S(=O)(=O)Nc2cscn2)c(F)cc1N(C)C1CCN(Cc2nc(C(C)C)cs2)C1. The summed E-state index contributed by atoms with van der Waals surface area (Å²) in [5, 5.41) is 4.81. The Morgan fingerprint density at radius 3 is 2.79 bits per heavy atom. The molecular weight excluding hydrogens is 481 g/mol. The molecule has 3 aromatic rings. The lowest BCUT2D eigenvalue weighted by Gasteiger charge is -2.29. The fraction of sp³-hybridized carbons (Fsp3) is 0.455. The van der Waals surface area contributed by atoms with Crippen molar-refractivity contribution >= 4 is 44.2 Å². The Labute approximate surface area is 202 Å². The van der Waals surface area contributed by atoms with Gasteiger partial charge in [0.05, 0.1) is 17.7 Å². The molecule has 0 spiro atoms. The summed E-state index contributed by atoms with van der Waals surface area (Å²) in [5.41, 5.74) is 4.05. The van der Waals surface area contributed by atoms with Crippen molar-refractivity contribution in [2.75, 3.05) is 29.8 Å². The quantitative estimate of drug-likeness (QED) is 0.475. The van der Waals surface area contributed by atoms with Crippen molar-refractivity contribution in [1.82, 2.24) is 14.9 Å². The van der Waals surface area contributed by atoms with Gasteiger partial charge in [-0.1, -0.05) is 13.8 Å². The van der Waals surface area contributed by atoms with Crippen molar-refractivity contribution in [2.45, 2.75) is 50.6 Å². The van der Waals surface area contributed by atoms with Crippen LogP contribution < -0.4 is 9.62 Å². The molecule has 3 heterocycles. The third kappa shape index (κ3) is 5.37. The highest BCUT2D eigenvalue weighted by Gasteiger charge is 2.29. The molecule has 1 aliphatic rings. The number of anilines is 2. The van der Waals surface area contributed by atoms with E-state index in [4.69, 9.17) is 4.98 Å². The number of benzene rings is 1. The van der Waals surface area contributed by atoms with Gasteiger partial charge >= 0.3 is 0 Å². The molecule has 7 nitrogen and oxygen atoms in total. The number of likely N-dealkylation sites (N-methyl/N-ethyl adjacent to an activating group) is 1. The Morgan fingerprint density at radius 2 is 2.12 bits per heavy atom. The number of halogens is 1. The van der Waals surface area contributed by atoms with Crippen LogP contribution in [-0.2, 0) is 16.6 Å². The first-order valence-electron chi connectivity index (χ1n) is 10.7. The van der Waals surface area contributed by atoms with E-state index in [1.54, 1.807) is 16.7 Å². The van der Waals surface area contributed by atoms with Gasteiger partial charge in [0.25, 0.3) is 10.0 Å². The molecule has 1 atom stereocenters. The summed E-state index contributed by atoms with van der Waals surface area (Å²) in [6.07, 6.45) is 0.950. The minimum absolute atomic E-state index is 0.185. The van der Waals surface area contributed by atoms with Crippen LogP contribution in [0.3, 0.4) is 0 Å². The lowest BCUT2D eigenvalue weighted by Crippen LogP contribution is -2.35. The maximum Gasteiger partial charge on any atom is 0.266 e. The summed E-state index contributed by atoms with van der Waals surface area (Å²) < 4.78 is 42.6. The predicted octanol–water partition coefficient (Wildman–Crippen LogP) is 4.68. The number of rotatable bonds is 8. The van der Waals surface area contributed by atoms with E-state index < -0.39 is 15.8 Å².